The number of hydrogen-bond acceptors (Lipinski definition) is 5. The second-order valence-electron chi connectivity index (χ2n) is 6.46. The van der Waals surface area contributed by atoms with Crippen molar-refractivity contribution in [1.82, 2.24) is 4.90 Å². The maximum absolute atomic E-state index is 12.1. The predicted octanol–water partition coefficient (Wildman–Crippen LogP) is 4.18. The highest BCUT2D eigenvalue weighted by atomic mass is 35.5. The first-order valence-corrected chi connectivity index (χ1v) is 8.86. The van der Waals surface area contributed by atoms with E-state index in [4.69, 9.17) is 9.47 Å². The van der Waals surface area contributed by atoms with E-state index in [0.29, 0.717) is 18.0 Å². The molecule has 27 heavy (non-hydrogen) atoms. The molecular formula is C21H25ClN2O3. The normalized spacial score (nSPS) is 14.1. The lowest BCUT2D eigenvalue weighted by atomic mass is 10.2. The minimum Gasteiger partial charge on any atom is -0.493 e. The largest absolute Gasteiger partial charge is 0.493 e. The molecule has 0 aromatic heterocycles. The number of halogens is 1. The van der Waals surface area contributed by atoms with Crippen LogP contribution < -0.4 is 9.47 Å². The number of rotatable bonds is 6. The summed E-state index contributed by atoms with van der Waals surface area (Å²) >= 11 is 0. The number of aryl methyl sites for hydroxylation is 1. The molecular weight excluding hydrogens is 364 g/mol. The van der Waals surface area contributed by atoms with Crippen LogP contribution in [-0.4, -0.2) is 43.8 Å². The maximum Gasteiger partial charge on any atom is 0.325 e. The van der Waals surface area contributed by atoms with Crippen LogP contribution in [0, 0.1) is 6.92 Å². The van der Waals surface area contributed by atoms with Gasteiger partial charge in [0.25, 0.3) is 0 Å². The van der Waals surface area contributed by atoms with Gasteiger partial charge in [-0.15, -0.1) is 12.4 Å². The number of esters is 1. The van der Waals surface area contributed by atoms with Crippen LogP contribution in [0.5, 0.6) is 11.5 Å². The van der Waals surface area contributed by atoms with Crippen LogP contribution in [0.3, 0.4) is 0 Å². The minimum absolute atomic E-state index is 0. The molecule has 1 fully saturated rings. The number of methoxy groups -OCH3 is 1. The summed E-state index contributed by atoms with van der Waals surface area (Å²) in [6.07, 6.45) is 4.06. The Kier molecular flexibility index (Phi) is 7.82. The van der Waals surface area contributed by atoms with Crippen LogP contribution >= 0.6 is 12.4 Å². The number of ether oxygens (including phenoxy) is 2. The van der Waals surface area contributed by atoms with E-state index in [1.54, 1.807) is 19.4 Å². The Balaban J connectivity index is 0.00000261. The molecule has 1 aliphatic heterocycles. The van der Waals surface area contributed by atoms with E-state index in [-0.39, 0.29) is 18.4 Å². The molecule has 0 spiro atoms. The molecule has 0 N–H and O–H groups in total. The van der Waals surface area contributed by atoms with Crippen molar-refractivity contribution >= 4 is 30.3 Å². The molecule has 1 heterocycles. The van der Waals surface area contributed by atoms with Crippen molar-refractivity contribution in [2.75, 3.05) is 26.7 Å². The smallest absolute Gasteiger partial charge is 0.325 e. The maximum atomic E-state index is 12.1. The van der Waals surface area contributed by atoms with E-state index < -0.39 is 0 Å². The van der Waals surface area contributed by atoms with Gasteiger partial charge in [0.1, 0.15) is 0 Å². The van der Waals surface area contributed by atoms with Crippen molar-refractivity contribution in [2.24, 2.45) is 4.99 Å². The first-order chi connectivity index (χ1) is 12.6. The zero-order valence-corrected chi connectivity index (χ0v) is 16.5. The van der Waals surface area contributed by atoms with Gasteiger partial charge < -0.3 is 9.47 Å². The zero-order valence-electron chi connectivity index (χ0n) is 15.7. The van der Waals surface area contributed by atoms with E-state index in [1.165, 1.54) is 5.56 Å². The van der Waals surface area contributed by atoms with Gasteiger partial charge in [0.2, 0.25) is 0 Å². The van der Waals surface area contributed by atoms with Gasteiger partial charge in [0.05, 0.1) is 19.3 Å². The molecule has 144 valence electrons. The summed E-state index contributed by atoms with van der Waals surface area (Å²) in [4.78, 5) is 18.7. The highest BCUT2D eigenvalue weighted by molar-refractivity contribution is 5.85. The molecule has 6 heteroatoms. The first kappa shape index (κ1) is 20.9. The Morgan fingerprint density at radius 1 is 1.11 bits per heavy atom. The lowest BCUT2D eigenvalue weighted by Crippen LogP contribution is -2.29. The fourth-order valence-electron chi connectivity index (χ4n) is 2.91. The number of nitrogens with zero attached hydrogens (tertiary/aromatic N) is 2. The van der Waals surface area contributed by atoms with Crippen LogP contribution in [0.4, 0.5) is 5.69 Å². The SMILES string of the molecule is COc1cc(C=Nc2ccc(C)cc2)ccc1OC(=O)CN1CCCC1.Cl. The molecule has 1 saturated heterocycles. The summed E-state index contributed by atoms with van der Waals surface area (Å²) in [5.41, 5.74) is 2.96. The Morgan fingerprint density at radius 2 is 1.81 bits per heavy atom. The number of carbonyl (C=O) groups is 1. The van der Waals surface area contributed by atoms with E-state index in [1.807, 2.05) is 43.3 Å². The molecule has 0 amide bonds. The van der Waals surface area contributed by atoms with Gasteiger partial charge in [-0.05, 0) is 68.8 Å². The fraction of sp³-hybridized carbons (Fsp3) is 0.333. The van der Waals surface area contributed by atoms with Crippen LogP contribution in [0.2, 0.25) is 0 Å². The summed E-state index contributed by atoms with van der Waals surface area (Å²) in [6, 6.07) is 13.4. The lowest BCUT2D eigenvalue weighted by Gasteiger charge is -2.14. The quantitative estimate of drug-likeness (QED) is 0.423. The topological polar surface area (TPSA) is 51.1 Å². The zero-order chi connectivity index (χ0) is 18.4. The third-order valence-electron chi connectivity index (χ3n) is 4.36. The van der Waals surface area contributed by atoms with Gasteiger partial charge in [0, 0.05) is 6.21 Å². The Hall–Kier alpha value is -2.37. The summed E-state index contributed by atoms with van der Waals surface area (Å²) < 4.78 is 10.9. The van der Waals surface area contributed by atoms with E-state index in [0.717, 1.165) is 37.2 Å². The molecule has 5 nitrogen and oxygen atoms in total. The average molecular weight is 389 g/mol. The molecule has 2 aromatic rings. The monoisotopic (exact) mass is 388 g/mol. The van der Waals surface area contributed by atoms with Crippen molar-refractivity contribution in [2.45, 2.75) is 19.8 Å². The third-order valence-corrected chi connectivity index (χ3v) is 4.36. The van der Waals surface area contributed by atoms with Gasteiger partial charge in [-0.3, -0.25) is 14.7 Å². The lowest BCUT2D eigenvalue weighted by molar-refractivity contribution is -0.135. The number of carbonyl (C=O) groups excluding carboxylic acids is 1. The molecule has 0 bridgehead atoms. The van der Waals surface area contributed by atoms with Gasteiger partial charge in [-0.25, -0.2) is 0 Å². The van der Waals surface area contributed by atoms with Crippen LogP contribution in [0.15, 0.2) is 47.5 Å². The second kappa shape index (κ2) is 10.1. The van der Waals surface area contributed by atoms with Gasteiger partial charge in [0.15, 0.2) is 11.5 Å². The number of aliphatic imine (C=N–C) groups is 1. The van der Waals surface area contributed by atoms with Crippen molar-refractivity contribution in [3.8, 4) is 11.5 Å². The summed E-state index contributed by atoms with van der Waals surface area (Å²) in [7, 11) is 1.56. The van der Waals surface area contributed by atoms with E-state index >= 15 is 0 Å². The van der Waals surface area contributed by atoms with Crippen molar-refractivity contribution in [3.63, 3.8) is 0 Å². The third kappa shape index (κ3) is 6.08. The molecule has 0 atom stereocenters. The van der Waals surface area contributed by atoms with E-state index in [9.17, 15) is 4.79 Å². The Bertz CT molecular complexity index is 785. The summed E-state index contributed by atoms with van der Waals surface area (Å²) in [5.74, 6) is 0.697. The average Bonchev–Trinajstić information content (AvgIpc) is 3.15. The summed E-state index contributed by atoms with van der Waals surface area (Å²) in [5, 5.41) is 0. The summed E-state index contributed by atoms with van der Waals surface area (Å²) in [6.45, 7) is 4.28. The predicted molar refractivity (Wildman–Crippen MR) is 110 cm³/mol. The van der Waals surface area contributed by atoms with E-state index in [2.05, 4.69) is 9.89 Å². The number of hydrogen-bond donors (Lipinski definition) is 0. The number of benzene rings is 2. The standard InChI is InChI=1S/C21H24N2O3.ClH/c1-16-5-8-18(9-6-16)22-14-17-7-10-19(20(13-17)25-2)26-21(24)15-23-11-3-4-12-23;/h5-10,13-14H,3-4,11-12,15H2,1-2H3;1H. The Morgan fingerprint density at radius 3 is 2.48 bits per heavy atom. The molecule has 0 radical (unpaired) electrons. The van der Waals surface area contributed by atoms with Crippen molar-refractivity contribution < 1.29 is 14.3 Å². The Labute approximate surface area is 166 Å². The van der Waals surface area contributed by atoms with Gasteiger partial charge >= 0.3 is 5.97 Å². The van der Waals surface area contributed by atoms with Crippen molar-refractivity contribution in [1.29, 1.82) is 0 Å². The van der Waals surface area contributed by atoms with Gasteiger partial charge in [-0.1, -0.05) is 17.7 Å². The van der Waals surface area contributed by atoms with Crippen molar-refractivity contribution in [3.05, 3.63) is 53.6 Å². The molecule has 1 aliphatic rings. The highest BCUT2D eigenvalue weighted by Crippen LogP contribution is 2.28. The first-order valence-electron chi connectivity index (χ1n) is 8.86. The number of likely N-dealkylation sites (tertiary alicyclic amines) is 1. The molecule has 3 rings (SSSR count). The molecule has 0 unspecified atom stereocenters. The van der Waals surface area contributed by atoms with Crippen LogP contribution in [0.1, 0.15) is 24.0 Å². The highest BCUT2D eigenvalue weighted by Gasteiger charge is 2.17. The molecule has 2 aromatic carbocycles. The minimum atomic E-state index is -0.258. The molecule has 0 saturated carbocycles. The fourth-order valence-corrected chi connectivity index (χ4v) is 2.91. The van der Waals surface area contributed by atoms with Gasteiger partial charge in [-0.2, -0.15) is 0 Å². The van der Waals surface area contributed by atoms with Crippen LogP contribution in [-0.2, 0) is 4.79 Å². The van der Waals surface area contributed by atoms with Crippen LogP contribution in [0.25, 0.3) is 0 Å². The second-order valence-corrected chi connectivity index (χ2v) is 6.46. The molecule has 0 aliphatic carbocycles.